The molecule has 0 aromatic carbocycles. The maximum absolute atomic E-state index is 4.30. The SMILES string of the molecule is Cc1ccc(C2(C)CNCN2)cn1. The quantitative estimate of drug-likeness (QED) is 0.665. The van der Waals surface area contributed by atoms with Gasteiger partial charge in [-0.15, -0.1) is 0 Å². The largest absolute Gasteiger partial charge is 0.302 e. The summed E-state index contributed by atoms with van der Waals surface area (Å²) in [7, 11) is 0. The molecule has 0 spiro atoms. The predicted molar refractivity (Wildman–Crippen MR) is 52.3 cm³/mol. The van der Waals surface area contributed by atoms with E-state index in [1.807, 2.05) is 13.1 Å². The van der Waals surface area contributed by atoms with E-state index >= 15 is 0 Å². The molecule has 70 valence electrons. The van der Waals surface area contributed by atoms with E-state index < -0.39 is 0 Å². The second kappa shape index (κ2) is 3.09. The number of aryl methyl sites for hydroxylation is 1. The molecule has 1 aliphatic rings. The van der Waals surface area contributed by atoms with Crippen LogP contribution in [0.25, 0.3) is 0 Å². The average Bonchev–Trinajstić information content (AvgIpc) is 2.54. The second-order valence-electron chi connectivity index (χ2n) is 3.80. The maximum Gasteiger partial charge on any atom is 0.0557 e. The first kappa shape index (κ1) is 8.66. The summed E-state index contributed by atoms with van der Waals surface area (Å²) in [6.45, 7) is 6.05. The lowest BCUT2D eigenvalue weighted by atomic mass is 9.95. The molecule has 13 heavy (non-hydrogen) atoms. The third-order valence-corrected chi connectivity index (χ3v) is 2.63. The Morgan fingerprint density at radius 3 is 2.85 bits per heavy atom. The number of aromatic nitrogens is 1. The fraction of sp³-hybridized carbons (Fsp3) is 0.500. The zero-order chi connectivity index (χ0) is 9.31. The Kier molecular flexibility index (Phi) is 2.06. The number of rotatable bonds is 1. The average molecular weight is 177 g/mol. The number of nitrogens with one attached hydrogen (secondary N) is 2. The second-order valence-corrected chi connectivity index (χ2v) is 3.80. The zero-order valence-electron chi connectivity index (χ0n) is 8.09. The van der Waals surface area contributed by atoms with E-state index in [1.165, 1.54) is 5.56 Å². The van der Waals surface area contributed by atoms with Gasteiger partial charge in [-0.3, -0.25) is 10.3 Å². The monoisotopic (exact) mass is 177 g/mol. The van der Waals surface area contributed by atoms with Crippen LogP contribution in [0.5, 0.6) is 0 Å². The summed E-state index contributed by atoms with van der Waals surface area (Å²) in [5.41, 5.74) is 2.38. The molecule has 0 amide bonds. The number of nitrogens with zero attached hydrogens (tertiary/aromatic N) is 1. The van der Waals surface area contributed by atoms with Crippen LogP contribution in [0, 0.1) is 6.92 Å². The molecule has 1 aromatic heterocycles. The number of hydrogen-bond donors (Lipinski definition) is 2. The number of pyridine rings is 1. The topological polar surface area (TPSA) is 37.0 Å². The molecule has 0 bridgehead atoms. The van der Waals surface area contributed by atoms with Crippen molar-refractivity contribution in [1.82, 2.24) is 15.6 Å². The molecule has 0 saturated carbocycles. The summed E-state index contributed by atoms with van der Waals surface area (Å²) in [5, 5.41) is 6.70. The predicted octanol–water partition coefficient (Wildman–Crippen LogP) is 0.756. The molecular formula is C10H15N3. The Labute approximate surface area is 78.6 Å². The van der Waals surface area contributed by atoms with Gasteiger partial charge in [0.2, 0.25) is 0 Å². The molecule has 3 nitrogen and oxygen atoms in total. The van der Waals surface area contributed by atoms with Crippen LogP contribution in [0.1, 0.15) is 18.2 Å². The fourth-order valence-corrected chi connectivity index (χ4v) is 1.63. The van der Waals surface area contributed by atoms with Crippen LogP contribution in [0.4, 0.5) is 0 Å². The van der Waals surface area contributed by atoms with Crippen LogP contribution < -0.4 is 10.6 Å². The van der Waals surface area contributed by atoms with Gasteiger partial charge in [0.15, 0.2) is 0 Å². The lowest BCUT2D eigenvalue weighted by Gasteiger charge is -2.23. The minimum absolute atomic E-state index is 0.0563. The fourth-order valence-electron chi connectivity index (χ4n) is 1.63. The molecule has 1 aromatic rings. The molecule has 2 heterocycles. The third kappa shape index (κ3) is 1.57. The molecule has 2 rings (SSSR count). The lowest BCUT2D eigenvalue weighted by molar-refractivity contribution is 0.460. The van der Waals surface area contributed by atoms with Gasteiger partial charge in [-0.25, -0.2) is 0 Å². The van der Waals surface area contributed by atoms with Gasteiger partial charge in [-0.05, 0) is 25.5 Å². The summed E-state index contributed by atoms with van der Waals surface area (Å²) < 4.78 is 0. The molecule has 0 aliphatic carbocycles. The van der Waals surface area contributed by atoms with Crippen LogP contribution in [-0.4, -0.2) is 18.2 Å². The number of hydrogen-bond acceptors (Lipinski definition) is 3. The van der Waals surface area contributed by atoms with Crippen molar-refractivity contribution in [3.8, 4) is 0 Å². The van der Waals surface area contributed by atoms with Crippen molar-refractivity contribution >= 4 is 0 Å². The van der Waals surface area contributed by atoms with Crippen LogP contribution >= 0.6 is 0 Å². The molecule has 1 unspecified atom stereocenters. The van der Waals surface area contributed by atoms with Gasteiger partial charge in [-0.2, -0.15) is 0 Å². The summed E-state index contributed by atoms with van der Waals surface area (Å²) in [6.07, 6.45) is 1.95. The highest BCUT2D eigenvalue weighted by Crippen LogP contribution is 2.21. The van der Waals surface area contributed by atoms with E-state index in [0.29, 0.717) is 0 Å². The Morgan fingerprint density at radius 1 is 1.46 bits per heavy atom. The standard InChI is InChI=1S/C10H15N3/c1-8-3-4-9(5-12-8)10(2)6-11-7-13-10/h3-5,11,13H,6-7H2,1-2H3. The zero-order valence-corrected chi connectivity index (χ0v) is 8.09. The molecule has 3 heteroatoms. The van der Waals surface area contributed by atoms with Gasteiger partial charge in [0, 0.05) is 25.1 Å². The first-order valence-corrected chi connectivity index (χ1v) is 4.60. The van der Waals surface area contributed by atoms with E-state index in [1.54, 1.807) is 0 Å². The Morgan fingerprint density at radius 2 is 2.31 bits per heavy atom. The minimum Gasteiger partial charge on any atom is -0.302 e. The van der Waals surface area contributed by atoms with Crippen molar-refractivity contribution < 1.29 is 0 Å². The highest BCUT2D eigenvalue weighted by Gasteiger charge is 2.29. The van der Waals surface area contributed by atoms with Crippen molar-refractivity contribution in [2.75, 3.05) is 13.2 Å². The molecular weight excluding hydrogens is 162 g/mol. The molecule has 1 fully saturated rings. The van der Waals surface area contributed by atoms with Crippen LogP contribution in [0.2, 0.25) is 0 Å². The van der Waals surface area contributed by atoms with E-state index in [9.17, 15) is 0 Å². The van der Waals surface area contributed by atoms with Gasteiger partial charge < -0.3 is 5.32 Å². The van der Waals surface area contributed by atoms with E-state index in [2.05, 4.69) is 34.7 Å². The van der Waals surface area contributed by atoms with Gasteiger partial charge >= 0.3 is 0 Å². The van der Waals surface area contributed by atoms with Gasteiger partial charge in [0.1, 0.15) is 0 Å². The van der Waals surface area contributed by atoms with Gasteiger partial charge in [-0.1, -0.05) is 6.07 Å². The minimum atomic E-state index is 0.0563. The summed E-state index contributed by atoms with van der Waals surface area (Å²) in [6, 6.07) is 4.20. The van der Waals surface area contributed by atoms with Gasteiger partial charge in [0.25, 0.3) is 0 Å². The highest BCUT2D eigenvalue weighted by atomic mass is 15.2. The highest BCUT2D eigenvalue weighted by molar-refractivity contribution is 5.23. The molecule has 0 radical (unpaired) electrons. The van der Waals surface area contributed by atoms with E-state index in [-0.39, 0.29) is 5.54 Å². The van der Waals surface area contributed by atoms with Crippen molar-refractivity contribution in [2.45, 2.75) is 19.4 Å². The summed E-state index contributed by atoms with van der Waals surface area (Å²) in [5.74, 6) is 0. The molecule has 1 atom stereocenters. The Hall–Kier alpha value is -0.930. The van der Waals surface area contributed by atoms with Gasteiger partial charge in [0.05, 0.1) is 5.54 Å². The van der Waals surface area contributed by atoms with E-state index in [0.717, 1.165) is 18.9 Å². The Balaban J connectivity index is 2.29. The normalized spacial score (nSPS) is 27.8. The molecule has 2 N–H and O–H groups in total. The molecule has 1 aliphatic heterocycles. The smallest absolute Gasteiger partial charge is 0.0557 e. The maximum atomic E-state index is 4.30. The van der Waals surface area contributed by atoms with E-state index in [4.69, 9.17) is 0 Å². The van der Waals surface area contributed by atoms with Crippen molar-refractivity contribution in [3.05, 3.63) is 29.6 Å². The summed E-state index contributed by atoms with van der Waals surface area (Å²) in [4.78, 5) is 4.30. The van der Waals surface area contributed by atoms with Crippen LogP contribution in [-0.2, 0) is 5.54 Å². The Bertz CT molecular complexity index is 286. The summed E-state index contributed by atoms with van der Waals surface area (Å²) >= 11 is 0. The van der Waals surface area contributed by atoms with Crippen LogP contribution in [0.3, 0.4) is 0 Å². The van der Waals surface area contributed by atoms with Crippen molar-refractivity contribution in [2.24, 2.45) is 0 Å². The van der Waals surface area contributed by atoms with Crippen molar-refractivity contribution in [1.29, 1.82) is 0 Å². The third-order valence-electron chi connectivity index (χ3n) is 2.63. The lowest BCUT2D eigenvalue weighted by Crippen LogP contribution is -2.35. The first-order chi connectivity index (χ1) is 6.21. The van der Waals surface area contributed by atoms with Crippen LogP contribution in [0.15, 0.2) is 18.3 Å². The molecule has 1 saturated heterocycles. The van der Waals surface area contributed by atoms with Crippen molar-refractivity contribution in [3.63, 3.8) is 0 Å². The first-order valence-electron chi connectivity index (χ1n) is 4.60.